The number of hydrogen-bond acceptors (Lipinski definition) is 3. The highest BCUT2D eigenvalue weighted by Gasteiger charge is 2.25. The maximum atomic E-state index is 11.5. The van der Waals surface area contributed by atoms with Gasteiger partial charge in [0.2, 0.25) is 0 Å². The van der Waals surface area contributed by atoms with Crippen molar-refractivity contribution in [2.45, 2.75) is 5.92 Å². The number of nitro groups is 1. The Balaban J connectivity index is 2.26. The molecular formula is C18H14N2O3. The Morgan fingerprint density at radius 3 is 2.30 bits per heavy atom. The topological polar surface area (TPSA) is 86.2 Å². The van der Waals surface area contributed by atoms with Crippen molar-refractivity contribution < 1.29 is 9.72 Å². The molecule has 0 saturated carbocycles. The molecule has 114 valence electrons. The molecule has 23 heavy (non-hydrogen) atoms. The molecule has 0 spiro atoms. The molecule has 5 nitrogen and oxygen atoms in total. The Morgan fingerprint density at radius 2 is 1.65 bits per heavy atom. The van der Waals surface area contributed by atoms with E-state index >= 15 is 0 Å². The molecule has 0 radical (unpaired) electrons. The van der Waals surface area contributed by atoms with Gasteiger partial charge < -0.3 is 5.73 Å². The van der Waals surface area contributed by atoms with Crippen LogP contribution in [0.15, 0.2) is 66.8 Å². The number of nitrogens with two attached hydrogens (primary N) is 1. The van der Waals surface area contributed by atoms with E-state index in [-0.39, 0.29) is 17.2 Å². The van der Waals surface area contributed by atoms with Gasteiger partial charge in [0, 0.05) is 5.92 Å². The molecule has 0 aromatic heterocycles. The van der Waals surface area contributed by atoms with Crippen LogP contribution in [0, 0.1) is 10.1 Å². The SMILES string of the molecule is NC(=O)c1cccc(-c2ccccc2C2C=CC=C2)c1[N+](=O)[O-]. The van der Waals surface area contributed by atoms with Crippen LogP contribution in [0.1, 0.15) is 21.8 Å². The predicted molar refractivity (Wildman–Crippen MR) is 88.1 cm³/mol. The van der Waals surface area contributed by atoms with Crippen molar-refractivity contribution in [1.82, 2.24) is 0 Å². The van der Waals surface area contributed by atoms with Gasteiger partial charge in [-0.3, -0.25) is 14.9 Å². The molecule has 2 N–H and O–H groups in total. The maximum Gasteiger partial charge on any atom is 0.289 e. The first-order chi connectivity index (χ1) is 11.1. The van der Waals surface area contributed by atoms with Crippen LogP contribution in [-0.4, -0.2) is 10.8 Å². The molecule has 1 aliphatic carbocycles. The third kappa shape index (κ3) is 2.64. The standard InChI is InChI=1S/C18H14N2O3/c19-18(21)16-11-5-10-15(17(16)20(22)23)14-9-4-3-8-13(14)12-6-1-2-7-12/h1-12H,(H2,19,21). The van der Waals surface area contributed by atoms with Crippen LogP contribution in [-0.2, 0) is 0 Å². The van der Waals surface area contributed by atoms with Crippen LogP contribution >= 0.6 is 0 Å². The highest BCUT2D eigenvalue weighted by molar-refractivity contribution is 6.00. The number of carbonyl (C=O) groups excluding carboxylic acids is 1. The second kappa shape index (κ2) is 5.88. The lowest BCUT2D eigenvalue weighted by molar-refractivity contribution is -0.384. The summed E-state index contributed by atoms with van der Waals surface area (Å²) in [7, 11) is 0. The third-order valence-corrected chi connectivity index (χ3v) is 3.84. The van der Waals surface area contributed by atoms with Crippen LogP contribution < -0.4 is 5.73 Å². The Labute approximate surface area is 132 Å². The van der Waals surface area contributed by atoms with E-state index in [2.05, 4.69) is 0 Å². The first kappa shape index (κ1) is 14.7. The zero-order valence-electron chi connectivity index (χ0n) is 12.2. The van der Waals surface area contributed by atoms with Crippen molar-refractivity contribution in [2.75, 3.05) is 0 Å². The summed E-state index contributed by atoms with van der Waals surface area (Å²) in [5, 5.41) is 11.5. The van der Waals surface area contributed by atoms with E-state index in [9.17, 15) is 14.9 Å². The number of rotatable bonds is 4. The van der Waals surface area contributed by atoms with Gasteiger partial charge in [-0.2, -0.15) is 0 Å². The number of primary amides is 1. The first-order valence-electron chi connectivity index (χ1n) is 7.11. The van der Waals surface area contributed by atoms with Gasteiger partial charge in [0.05, 0.1) is 10.5 Å². The van der Waals surface area contributed by atoms with Crippen molar-refractivity contribution in [2.24, 2.45) is 5.73 Å². The summed E-state index contributed by atoms with van der Waals surface area (Å²) < 4.78 is 0. The van der Waals surface area contributed by atoms with Crippen molar-refractivity contribution in [3.8, 4) is 11.1 Å². The molecule has 0 atom stereocenters. The summed E-state index contributed by atoms with van der Waals surface area (Å²) in [5.74, 6) is -0.750. The monoisotopic (exact) mass is 306 g/mol. The van der Waals surface area contributed by atoms with Crippen molar-refractivity contribution in [1.29, 1.82) is 0 Å². The number of hydrogen-bond donors (Lipinski definition) is 1. The first-order valence-corrected chi connectivity index (χ1v) is 7.11. The lowest BCUT2D eigenvalue weighted by Gasteiger charge is -2.14. The van der Waals surface area contributed by atoms with Gasteiger partial charge >= 0.3 is 0 Å². The van der Waals surface area contributed by atoms with E-state index in [4.69, 9.17) is 5.73 Å². The van der Waals surface area contributed by atoms with Gasteiger partial charge in [-0.1, -0.05) is 54.6 Å². The van der Waals surface area contributed by atoms with Gasteiger partial charge in [-0.05, 0) is 23.3 Å². The van der Waals surface area contributed by atoms with Crippen molar-refractivity contribution >= 4 is 11.6 Å². The molecule has 3 rings (SSSR count). The summed E-state index contributed by atoms with van der Waals surface area (Å²) in [6, 6.07) is 12.1. The second-order valence-corrected chi connectivity index (χ2v) is 5.21. The van der Waals surface area contributed by atoms with Gasteiger partial charge in [-0.25, -0.2) is 0 Å². The summed E-state index contributed by atoms with van der Waals surface area (Å²) in [5.41, 5.74) is 7.03. The van der Waals surface area contributed by atoms with Crippen LogP contribution in [0.5, 0.6) is 0 Å². The number of amides is 1. The fourth-order valence-corrected chi connectivity index (χ4v) is 2.83. The number of para-hydroxylation sites is 1. The number of nitrogens with zero attached hydrogens (tertiary/aromatic N) is 1. The molecular weight excluding hydrogens is 292 g/mol. The lowest BCUT2D eigenvalue weighted by atomic mass is 9.89. The Kier molecular flexibility index (Phi) is 3.76. The second-order valence-electron chi connectivity index (χ2n) is 5.21. The van der Waals surface area contributed by atoms with Gasteiger partial charge in [-0.15, -0.1) is 0 Å². The highest BCUT2D eigenvalue weighted by Crippen LogP contribution is 2.38. The van der Waals surface area contributed by atoms with Crippen LogP contribution in [0.4, 0.5) is 5.69 Å². The lowest BCUT2D eigenvalue weighted by Crippen LogP contribution is -2.14. The molecule has 0 saturated heterocycles. The van der Waals surface area contributed by atoms with E-state index in [0.29, 0.717) is 5.56 Å². The van der Waals surface area contributed by atoms with Gasteiger partial charge in [0.1, 0.15) is 5.56 Å². The number of allylic oxidation sites excluding steroid dienone is 4. The molecule has 0 unspecified atom stereocenters. The Bertz CT molecular complexity index is 841. The van der Waals surface area contributed by atoms with Crippen molar-refractivity contribution in [3.05, 3.63) is 88.0 Å². The molecule has 1 amide bonds. The fraction of sp³-hybridized carbons (Fsp3) is 0.0556. The normalized spacial score (nSPS) is 13.4. The molecule has 1 aliphatic rings. The minimum absolute atomic E-state index is 0.0584. The van der Waals surface area contributed by atoms with E-state index < -0.39 is 10.8 Å². The Hall–Kier alpha value is -3.21. The summed E-state index contributed by atoms with van der Waals surface area (Å²) in [6.45, 7) is 0. The Morgan fingerprint density at radius 1 is 1.00 bits per heavy atom. The van der Waals surface area contributed by atoms with Crippen molar-refractivity contribution in [3.63, 3.8) is 0 Å². The van der Waals surface area contributed by atoms with E-state index in [1.54, 1.807) is 12.1 Å². The highest BCUT2D eigenvalue weighted by atomic mass is 16.6. The number of carbonyl (C=O) groups is 1. The number of nitro benzene ring substituents is 1. The average molecular weight is 306 g/mol. The largest absolute Gasteiger partial charge is 0.365 e. The molecule has 2 aromatic rings. The summed E-state index contributed by atoms with van der Waals surface area (Å²) in [6.07, 6.45) is 7.91. The zero-order valence-corrected chi connectivity index (χ0v) is 12.2. The van der Waals surface area contributed by atoms with E-state index in [1.165, 1.54) is 6.07 Å². The maximum absolute atomic E-state index is 11.5. The summed E-state index contributed by atoms with van der Waals surface area (Å²) >= 11 is 0. The fourth-order valence-electron chi connectivity index (χ4n) is 2.83. The van der Waals surface area contributed by atoms with Crippen LogP contribution in [0.2, 0.25) is 0 Å². The van der Waals surface area contributed by atoms with E-state index in [1.807, 2.05) is 48.6 Å². The van der Waals surface area contributed by atoms with Crippen LogP contribution in [0.3, 0.4) is 0 Å². The summed E-state index contributed by atoms with van der Waals surface area (Å²) in [4.78, 5) is 22.5. The van der Waals surface area contributed by atoms with Gasteiger partial charge in [0.15, 0.2) is 0 Å². The molecule has 0 aliphatic heterocycles. The smallest absolute Gasteiger partial charge is 0.289 e. The third-order valence-electron chi connectivity index (χ3n) is 3.84. The quantitative estimate of drug-likeness (QED) is 0.692. The average Bonchev–Trinajstić information content (AvgIpc) is 3.08. The van der Waals surface area contributed by atoms with Crippen LogP contribution in [0.25, 0.3) is 11.1 Å². The predicted octanol–water partition coefficient (Wildman–Crippen LogP) is 3.57. The zero-order chi connectivity index (χ0) is 16.4. The molecule has 0 bridgehead atoms. The number of benzene rings is 2. The van der Waals surface area contributed by atoms with Gasteiger partial charge in [0.25, 0.3) is 11.6 Å². The van der Waals surface area contributed by atoms with E-state index in [0.717, 1.165) is 11.1 Å². The molecule has 0 fully saturated rings. The molecule has 2 aromatic carbocycles. The minimum atomic E-state index is -0.809. The molecule has 0 heterocycles. The minimum Gasteiger partial charge on any atom is -0.365 e. The molecule has 5 heteroatoms.